The minimum absolute atomic E-state index is 0.577. The molecule has 2 aromatic rings. The summed E-state index contributed by atoms with van der Waals surface area (Å²) in [6.07, 6.45) is 1.42. The predicted octanol–water partition coefficient (Wildman–Crippen LogP) is 6.41. The Kier molecular flexibility index (Phi) is 7.69. The first-order valence-corrected chi connectivity index (χ1v) is 12.4. The zero-order chi connectivity index (χ0) is 22.6. The average Bonchev–Trinajstić information content (AvgIpc) is 2.79. The third-order valence-electron chi connectivity index (χ3n) is 6.56. The van der Waals surface area contributed by atoms with E-state index in [4.69, 9.17) is 0 Å². The first kappa shape index (κ1) is 23.5. The molecule has 0 unspecified atom stereocenters. The monoisotopic (exact) mass is 463 g/mol. The maximum atomic E-state index is 13.4. The van der Waals surface area contributed by atoms with Crippen LogP contribution in [0.25, 0.3) is 0 Å². The number of fused-ring (bicyclic) bond motifs is 2. The van der Waals surface area contributed by atoms with Gasteiger partial charge in [0.15, 0.2) is 0 Å². The van der Waals surface area contributed by atoms with Crippen molar-refractivity contribution >= 4 is 23.1 Å². The van der Waals surface area contributed by atoms with Crippen LogP contribution in [0.1, 0.15) is 37.7 Å². The van der Waals surface area contributed by atoms with E-state index in [2.05, 4.69) is 21.2 Å². The number of halogens is 3. The second-order valence-electron chi connectivity index (χ2n) is 8.79. The van der Waals surface area contributed by atoms with Crippen LogP contribution in [0.4, 0.5) is 24.5 Å². The Labute approximate surface area is 193 Å². The summed E-state index contributed by atoms with van der Waals surface area (Å²) in [7, 11) is 1.99. The highest BCUT2D eigenvalue weighted by Gasteiger charge is 2.33. The topological polar surface area (TPSA) is 18.5 Å². The Balaban J connectivity index is 1.39. The highest BCUT2D eigenvalue weighted by molar-refractivity contribution is 7.99. The minimum atomic E-state index is -4.33. The van der Waals surface area contributed by atoms with Gasteiger partial charge in [0.25, 0.3) is 0 Å². The molecule has 0 radical (unpaired) electrons. The van der Waals surface area contributed by atoms with E-state index in [-0.39, 0.29) is 0 Å². The van der Waals surface area contributed by atoms with Gasteiger partial charge < -0.3 is 15.1 Å². The molecule has 1 fully saturated rings. The number of para-hydroxylation sites is 1. The van der Waals surface area contributed by atoms with E-state index in [1.807, 2.05) is 25.2 Å². The maximum Gasteiger partial charge on any atom is 0.416 e. The van der Waals surface area contributed by atoms with Crippen LogP contribution in [-0.2, 0) is 6.18 Å². The van der Waals surface area contributed by atoms with Gasteiger partial charge in [0.1, 0.15) is 0 Å². The van der Waals surface area contributed by atoms with Crippen molar-refractivity contribution in [2.75, 3.05) is 44.7 Å². The molecule has 0 atom stereocenters. The molecule has 3 nitrogen and oxygen atoms in total. The Morgan fingerprint density at radius 1 is 0.969 bits per heavy atom. The van der Waals surface area contributed by atoms with Gasteiger partial charge in [0.05, 0.1) is 16.9 Å². The largest absolute Gasteiger partial charge is 0.416 e. The zero-order valence-corrected chi connectivity index (χ0v) is 19.4. The van der Waals surface area contributed by atoms with Gasteiger partial charge in [-0.25, -0.2) is 0 Å². The lowest BCUT2D eigenvalue weighted by atomic mass is 9.92. The molecular weight excluding hydrogens is 431 g/mol. The van der Waals surface area contributed by atoms with Crippen LogP contribution in [0.3, 0.4) is 0 Å². The highest BCUT2D eigenvalue weighted by atomic mass is 32.2. The van der Waals surface area contributed by atoms with Crippen LogP contribution < -0.4 is 10.2 Å². The SMILES string of the molecule is CNCCCN1CCC(CCCN2c3ccccc3Sc3ccc(C(F)(F)F)cc32)CC1. The molecule has 2 aromatic carbocycles. The van der Waals surface area contributed by atoms with Crippen molar-refractivity contribution in [3.8, 4) is 0 Å². The number of nitrogens with one attached hydrogen (secondary N) is 1. The van der Waals surface area contributed by atoms with Gasteiger partial charge in [-0.05, 0) is 102 Å². The van der Waals surface area contributed by atoms with E-state index >= 15 is 0 Å². The van der Waals surface area contributed by atoms with E-state index in [9.17, 15) is 13.2 Å². The first-order chi connectivity index (χ1) is 15.5. The fourth-order valence-electron chi connectivity index (χ4n) is 4.76. The van der Waals surface area contributed by atoms with Crippen LogP contribution in [0, 0.1) is 5.92 Å². The number of hydrogen-bond acceptors (Lipinski definition) is 4. The third-order valence-corrected chi connectivity index (χ3v) is 7.69. The number of alkyl halides is 3. The lowest BCUT2D eigenvalue weighted by Crippen LogP contribution is -2.35. The van der Waals surface area contributed by atoms with Crippen LogP contribution in [-0.4, -0.2) is 44.7 Å². The zero-order valence-electron chi connectivity index (χ0n) is 18.6. The van der Waals surface area contributed by atoms with Gasteiger partial charge >= 0.3 is 6.18 Å². The smallest absolute Gasteiger partial charge is 0.340 e. The molecule has 0 bridgehead atoms. The van der Waals surface area contributed by atoms with Crippen LogP contribution >= 0.6 is 11.8 Å². The van der Waals surface area contributed by atoms with Gasteiger partial charge in [0, 0.05) is 16.3 Å². The maximum absolute atomic E-state index is 13.4. The summed E-state index contributed by atoms with van der Waals surface area (Å²) < 4.78 is 40.1. The van der Waals surface area contributed by atoms with Crippen molar-refractivity contribution in [1.29, 1.82) is 0 Å². The average molecular weight is 464 g/mol. The van der Waals surface area contributed by atoms with Gasteiger partial charge in [-0.3, -0.25) is 0 Å². The summed E-state index contributed by atoms with van der Waals surface area (Å²) in [5.41, 5.74) is 1.12. The number of anilines is 2. The predicted molar refractivity (Wildman–Crippen MR) is 126 cm³/mol. The number of benzene rings is 2. The summed E-state index contributed by atoms with van der Waals surface area (Å²) in [5.74, 6) is 0.714. The number of likely N-dealkylation sites (tertiary alicyclic amines) is 1. The van der Waals surface area contributed by atoms with Crippen molar-refractivity contribution < 1.29 is 13.2 Å². The van der Waals surface area contributed by atoms with Gasteiger partial charge in [-0.15, -0.1) is 0 Å². The normalized spacial score (nSPS) is 17.3. The molecule has 4 rings (SSSR count). The molecule has 0 aromatic heterocycles. The number of hydrogen-bond donors (Lipinski definition) is 1. The first-order valence-electron chi connectivity index (χ1n) is 11.6. The summed E-state index contributed by atoms with van der Waals surface area (Å²) in [4.78, 5) is 6.66. The van der Waals surface area contributed by atoms with E-state index in [1.165, 1.54) is 31.4 Å². The van der Waals surface area contributed by atoms with E-state index < -0.39 is 11.7 Å². The standard InChI is InChI=1S/C25H32F3N3S/c1-29-13-5-14-30-16-11-19(12-17-30)6-4-15-31-21-7-2-3-8-23(21)32-24-10-9-20(18-22(24)31)25(26,27)28/h2-3,7-10,18-19,29H,4-6,11-17H2,1H3. The van der Waals surface area contributed by atoms with Crippen LogP contribution in [0.2, 0.25) is 0 Å². The summed E-state index contributed by atoms with van der Waals surface area (Å²) in [5, 5.41) is 3.21. The molecule has 0 spiro atoms. The molecule has 0 saturated carbocycles. The van der Waals surface area contributed by atoms with Crippen LogP contribution in [0.15, 0.2) is 52.3 Å². The summed E-state index contributed by atoms with van der Waals surface area (Å²) >= 11 is 1.56. The molecule has 7 heteroatoms. The van der Waals surface area contributed by atoms with E-state index in [0.717, 1.165) is 61.0 Å². The molecule has 0 amide bonds. The van der Waals surface area contributed by atoms with Gasteiger partial charge in [0.2, 0.25) is 0 Å². The van der Waals surface area contributed by atoms with Crippen LogP contribution in [0.5, 0.6) is 0 Å². The Morgan fingerprint density at radius 3 is 2.47 bits per heavy atom. The van der Waals surface area contributed by atoms with E-state index in [1.54, 1.807) is 17.8 Å². The summed E-state index contributed by atoms with van der Waals surface area (Å²) in [6.45, 7) is 5.29. The van der Waals surface area contributed by atoms with Crippen molar-refractivity contribution in [2.24, 2.45) is 5.92 Å². The Bertz CT molecular complexity index is 894. The fraction of sp³-hybridized carbons (Fsp3) is 0.520. The Morgan fingerprint density at radius 2 is 1.72 bits per heavy atom. The quantitative estimate of drug-likeness (QED) is 0.456. The van der Waals surface area contributed by atoms with Crippen molar-refractivity contribution in [3.05, 3.63) is 48.0 Å². The third kappa shape index (κ3) is 5.61. The lowest BCUT2D eigenvalue weighted by molar-refractivity contribution is -0.137. The fourth-order valence-corrected chi connectivity index (χ4v) is 5.84. The minimum Gasteiger partial charge on any atom is -0.340 e. The summed E-state index contributed by atoms with van der Waals surface area (Å²) in [6, 6.07) is 12.2. The molecule has 1 N–H and O–H groups in total. The molecule has 2 aliphatic heterocycles. The molecule has 32 heavy (non-hydrogen) atoms. The molecule has 1 saturated heterocycles. The van der Waals surface area contributed by atoms with Crippen molar-refractivity contribution in [1.82, 2.24) is 10.2 Å². The van der Waals surface area contributed by atoms with Gasteiger partial charge in [-0.2, -0.15) is 13.2 Å². The molecular formula is C25H32F3N3S. The molecule has 174 valence electrons. The highest BCUT2D eigenvalue weighted by Crippen LogP contribution is 2.49. The molecule has 0 aliphatic carbocycles. The second kappa shape index (κ2) is 10.5. The van der Waals surface area contributed by atoms with Crippen molar-refractivity contribution in [2.45, 2.75) is 48.1 Å². The van der Waals surface area contributed by atoms with E-state index in [0.29, 0.717) is 11.6 Å². The number of nitrogens with zero attached hydrogens (tertiary/aromatic N) is 2. The number of rotatable bonds is 8. The Hall–Kier alpha value is -1.70. The number of piperidine rings is 1. The van der Waals surface area contributed by atoms with Gasteiger partial charge in [-0.1, -0.05) is 23.9 Å². The lowest BCUT2D eigenvalue weighted by Gasteiger charge is -2.35. The molecule has 2 heterocycles. The van der Waals surface area contributed by atoms with Crippen molar-refractivity contribution in [3.63, 3.8) is 0 Å². The molecule has 2 aliphatic rings. The second-order valence-corrected chi connectivity index (χ2v) is 9.87.